The second kappa shape index (κ2) is 6.22. The van der Waals surface area contributed by atoms with Gasteiger partial charge in [0.2, 0.25) is 0 Å². The van der Waals surface area contributed by atoms with Crippen molar-refractivity contribution >= 4 is 12.2 Å². The Hall–Kier alpha value is -0.900. The molecule has 0 saturated carbocycles. The quantitative estimate of drug-likeness (QED) is 0.342. The molecule has 0 saturated heterocycles. The molecule has 0 aliphatic heterocycles. The minimum Gasteiger partial charge on any atom is -0.461 e. The minimum atomic E-state index is -0.601. The Morgan fingerprint density at radius 3 is 2.80 bits per heavy atom. The summed E-state index contributed by atoms with van der Waals surface area (Å²) in [6, 6.07) is 0. The summed E-state index contributed by atoms with van der Waals surface area (Å²) in [5, 5.41) is 6.46. The van der Waals surface area contributed by atoms with Crippen LogP contribution in [0, 0.1) is 5.41 Å². The van der Waals surface area contributed by atoms with Gasteiger partial charge in [-0.2, -0.15) is 0 Å². The third-order valence-corrected chi connectivity index (χ3v) is 0.855. The predicted octanol–water partition coefficient (Wildman–Crippen LogP) is 0.216. The Labute approximate surface area is 59.6 Å². The van der Waals surface area contributed by atoms with Gasteiger partial charge >= 0.3 is 5.97 Å². The number of carbonyl (C=O) groups is 1. The molecule has 0 aliphatic carbocycles. The van der Waals surface area contributed by atoms with E-state index in [9.17, 15) is 4.79 Å². The highest BCUT2D eigenvalue weighted by Crippen LogP contribution is 1.82. The van der Waals surface area contributed by atoms with Crippen molar-refractivity contribution in [3.8, 4) is 0 Å². The van der Waals surface area contributed by atoms with E-state index >= 15 is 0 Å². The Morgan fingerprint density at radius 1 is 1.60 bits per heavy atom. The normalized spacial score (nSPS) is 8.90. The lowest BCUT2D eigenvalue weighted by Crippen LogP contribution is -2.07. The maximum atomic E-state index is 10.3. The summed E-state index contributed by atoms with van der Waals surface area (Å²) < 4.78 is 9.24. The first kappa shape index (κ1) is 9.10. The zero-order valence-electron chi connectivity index (χ0n) is 5.92. The molecule has 0 amide bonds. The molecule has 4 heteroatoms. The second-order valence-electron chi connectivity index (χ2n) is 1.66. The SMILES string of the molecule is COCCCOC(=O)C=N. The molecule has 0 bridgehead atoms. The fourth-order valence-electron chi connectivity index (χ4n) is 0.418. The van der Waals surface area contributed by atoms with Gasteiger partial charge in [0.05, 0.1) is 6.61 Å². The van der Waals surface area contributed by atoms with Crippen LogP contribution in [0.5, 0.6) is 0 Å². The summed E-state index contributed by atoms with van der Waals surface area (Å²) in [7, 11) is 1.58. The molecule has 0 aromatic heterocycles. The Morgan fingerprint density at radius 2 is 2.30 bits per heavy atom. The van der Waals surface area contributed by atoms with Crippen molar-refractivity contribution < 1.29 is 14.3 Å². The Bertz CT molecular complexity index is 114. The van der Waals surface area contributed by atoms with Crippen molar-refractivity contribution in [3.05, 3.63) is 0 Å². The lowest BCUT2D eigenvalue weighted by molar-refractivity contribution is -0.135. The Kier molecular flexibility index (Phi) is 5.66. The molecule has 0 rings (SSSR count). The van der Waals surface area contributed by atoms with Gasteiger partial charge < -0.3 is 14.9 Å². The molecule has 0 aliphatic rings. The van der Waals surface area contributed by atoms with Gasteiger partial charge in [0.15, 0.2) is 0 Å². The summed E-state index contributed by atoms with van der Waals surface area (Å²) in [6.07, 6.45) is 1.32. The highest BCUT2D eigenvalue weighted by Gasteiger charge is 1.94. The topological polar surface area (TPSA) is 59.4 Å². The maximum Gasteiger partial charge on any atom is 0.348 e. The summed E-state index contributed by atoms with van der Waals surface area (Å²) >= 11 is 0. The van der Waals surface area contributed by atoms with Crippen molar-refractivity contribution in [2.45, 2.75) is 6.42 Å². The van der Waals surface area contributed by atoms with Gasteiger partial charge in [-0.3, -0.25) is 0 Å². The van der Waals surface area contributed by atoms with Gasteiger partial charge in [0, 0.05) is 20.1 Å². The molecule has 0 heterocycles. The molecule has 0 fully saturated rings. The van der Waals surface area contributed by atoms with E-state index in [-0.39, 0.29) is 0 Å². The largest absolute Gasteiger partial charge is 0.461 e. The van der Waals surface area contributed by atoms with E-state index in [1.807, 2.05) is 0 Å². The first-order chi connectivity index (χ1) is 4.81. The zero-order chi connectivity index (χ0) is 7.82. The number of esters is 1. The number of nitrogens with one attached hydrogen (secondary N) is 1. The van der Waals surface area contributed by atoms with Crippen LogP contribution in [0.4, 0.5) is 0 Å². The van der Waals surface area contributed by atoms with Crippen LogP contribution in [0.3, 0.4) is 0 Å². The van der Waals surface area contributed by atoms with Gasteiger partial charge in [0.25, 0.3) is 0 Å². The average Bonchev–Trinajstić information content (AvgIpc) is 1.98. The number of ether oxygens (including phenoxy) is 2. The van der Waals surface area contributed by atoms with Crippen LogP contribution in [-0.2, 0) is 14.3 Å². The maximum absolute atomic E-state index is 10.3. The van der Waals surface area contributed by atoms with Crippen LogP contribution in [0.2, 0.25) is 0 Å². The van der Waals surface area contributed by atoms with E-state index in [0.29, 0.717) is 25.8 Å². The minimum absolute atomic E-state index is 0.321. The monoisotopic (exact) mass is 145 g/mol. The highest BCUT2D eigenvalue weighted by atomic mass is 16.5. The number of carbonyl (C=O) groups excluding carboxylic acids is 1. The first-order valence-electron chi connectivity index (χ1n) is 2.97. The van der Waals surface area contributed by atoms with Gasteiger partial charge in [-0.15, -0.1) is 0 Å². The number of hydrogen-bond donors (Lipinski definition) is 1. The van der Waals surface area contributed by atoms with E-state index in [1.165, 1.54) is 0 Å². The van der Waals surface area contributed by atoms with Crippen molar-refractivity contribution in [2.24, 2.45) is 0 Å². The van der Waals surface area contributed by atoms with E-state index in [2.05, 4.69) is 4.74 Å². The van der Waals surface area contributed by atoms with E-state index in [0.717, 1.165) is 0 Å². The summed E-state index contributed by atoms with van der Waals surface area (Å²) in [4.78, 5) is 10.3. The second-order valence-corrected chi connectivity index (χ2v) is 1.66. The third kappa shape index (κ3) is 5.24. The smallest absolute Gasteiger partial charge is 0.348 e. The highest BCUT2D eigenvalue weighted by molar-refractivity contribution is 6.21. The number of hydrogen-bond acceptors (Lipinski definition) is 4. The van der Waals surface area contributed by atoms with Crippen LogP contribution in [0.15, 0.2) is 0 Å². The Balaban J connectivity index is 3.03. The summed E-state index contributed by atoms with van der Waals surface area (Å²) in [5.74, 6) is -0.601. The molecule has 0 aromatic carbocycles. The summed E-state index contributed by atoms with van der Waals surface area (Å²) in [5.41, 5.74) is 0. The van der Waals surface area contributed by atoms with Crippen LogP contribution in [0.25, 0.3) is 0 Å². The standard InChI is InChI=1S/C6H11NO3/c1-9-3-2-4-10-6(8)5-7/h5,7H,2-4H2,1H3. The van der Waals surface area contributed by atoms with E-state index in [1.54, 1.807) is 7.11 Å². The van der Waals surface area contributed by atoms with Crippen LogP contribution < -0.4 is 0 Å². The van der Waals surface area contributed by atoms with Crippen LogP contribution in [0.1, 0.15) is 6.42 Å². The fraction of sp³-hybridized carbons (Fsp3) is 0.667. The zero-order valence-corrected chi connectivity index (χ0v) is 5.92. The molecule has 1 N–H and O–H groups in total. The lowest BCUT2D eigenvalue weighted by atomic mass is 10.5. The number of rotatable bonds is 5. The first-order valence-corrected chi connectivity index (χ1v) is 2.97. The van der Waals surface area contributed by atoms with E-state index < -0.39 is 5.97 Å². The van der Waals surface area contributed by atoms with Gasteiger partial charge in [-0.05, 0) is 0 Å². The molecule has 0 atom stereocenters. The number of methoxy groups -OCH3 is 1. The van der Waals surface area contributed by atoms with Crippen molar-refractivity contribution in [3.63, 3.8) is 0 Å². The summed E-state index contributed by atoms with van der Waals surface area (Å²) in [6.45, 7) is 0.896. The molecule has 0 spiro atoms. The van der Waals surface area contributed by atoms with Crippen molar-refractivity contribution in [2.75, 3.05) is 20.3 Å². The molecule has 0 aromatic rings. The molecule has 58 valence electrons. The van der Waals surface area contributed by atoms with Crippen LogP contribution >= 0.6 is 0 Å². The molecule has 4 nitrogen and oxygen atoms in total. The van der Waals surface area contributed by atoms with Gasteiger partial charge in [0.1, 0.15) is 6.21 Å². The van der Waals surface area contributed by atoms with Gasteiger partial charge in [-0.1, -0.05) is 0 Å². The molecular formula is C6H11NO3. The molecule has 0 unspecified atom stereocenters. The van der Waals surface area contributed by atoms with E-state index in [4.69, 9.17) is 10.1 Å². The van der Waals surface area contributed by atoms with Crippen molar-refractivity contribution in [1.29, 1.82) is 5.41 Å². The predicted molar refractivity (Wildman–Crippen MR) is 36.2 cm³/mol. The molecule has 0 radical (unpaired) electrons. The average molecular weight is 145 g/mol. The fourth-order valence-corrected chi connectivity index (χ4v) is 0.418. The lowest BCUT2D eigenvalue weighted by Gasteiger charge is -1.98. The molecular weight excluding hydrogens is 134 g/mol. The van der Waals surface area contributed by atoms with Crippen LogP contribution in [-0.4, -0.2) is 32.5 Å². The third-order valence-electron chi connectivity index (χ3n) is 0.855. The van der Waals surface area contributed by atoms with Gasteiger partial charge in [-0.25, -0.2) is 4.79 Å². The van der Waals surface area contributed by atoms with Crippen molar-refractivity contribution in [1.82, 2.24) is 0 Å². The molecule has 10 heavy (non-hydrogen) atoms.